The van der Waals surface area contributed by atoms with Gasteiger partial charge >= 0.3 is 5.97 Å². The van der Waals surface area contributed by atoms with E-state index in [4.69, 9.17) is 9.84 Å². The number of hydrogen-bond donors (Lipinski definition) is 1. The van der Waals surface area contributed by atoms with Gasteiger partial charge in [-0.2, -0.15) is 0 Å². The number of carboxylic acids is 1. The third kappa shape index (κ3) is 10.8. The zero-order chi connectivity index (χ0) is 16.8. The number of carboxylic acid groups (broad SMARTS) is 1. The molecule has 0 radical (unpaired) electrons. The number of ether oxygens (including phenoxy) is 1. The molecule has 0 fully saturated rings. The molecule has 0 spiro atoms. The van der Waals surface area contributed by atoms with Gasteiger partial charge in [-0.15, -0.1) is 0 Å². The van der Waals surface area contributed by atoms with Crippen molar-refractivity contribution < 1.29 is 14.6 Å². The molecule has 1 aliphatic rings. The number of rotatable bonds is 15. The van der Waals surface area contributed by atoms with Gasteiger partial charge in [-0.3, -0.25) is 0 Å². The first-order chi connectivity index (χ1) is 11.3. The van der Waals surface area contributed by atoms with E-state index in [1.165, 1.54) is 70.6 Å². The molecule has 0 aromatic carbocycles. The normalized spacial score (nSPS) is 14.0. The van der Waals surface area contributed by atoms with Crippen molar-refractivity contribution in [2.45, 2.75) is 84.0 Å². The number of carbonyl (C=O) groups is 1. The van der Waals surface area contributed by atoms with E-state index in [1.54, 1.807) is 6.08 Å². The van der Waals surface area contributed by atoms with Crippen molar-refractivity contribution in [2.75, 3.05) is 0 Å². The SMILES string of the molecule is CCCCCCCCCCCCC/C=C/C=C/C1=C(C(=O)O)O1. The van der Waals surface area contributed by atoms with Crippen molar-refractivity contribution in [3.8, 4) is 0 Å². The Hall–Kier alpha value is -1.51. The number of hydrogen-bond acceptors (Lipinski definition) is 2. The van der Waals surface area contributed by atoms with Crippen LogP contribution in [0.2, 0.25) is 0 Å². The van der Waals surface area contributed by atoms with Crippen molar-refractivity contribution in [2.24, 2.45) is 0 Å². The molecule has 0 atom stereocenters. The highest BCUT2D eigenvalue weighted by Crippen LogP contribution is 2.26. The molecular weight excluding hydrogens is 288 g/mol. The van der Waals surface area contributed by atoms with Gasteiger partial charge in [-0.25, -0.2) is 4.79 Å². The van der Waals surface area contributed by atoms with Gasteiger partial charge in [0.2, 0.25) is 0 Å². The van der Waals surface area contributed by atoms with Gasteiger partial charge in [-0.05, 0) is 18.9 Å². The van der Waals surface area contributed by atoms with Crippen molar-refractivity contribution in [1.82, 2.24) is 0 Å². The summed E-state index contributed by atoms with van der Waals surface area (Å²) in [5.74, 6) is -0.452. The van der Waals surface area contributed by atoms with Crippen molar-refractivity contribution in [3.05, 3.63) is 35.8 Å². The van der Waals surface area contributed by atoms with E-state index in [1.807, 2.05) is 12.2 Å². The highest BCUT2D eigenvalue weighted by atomic mass is 16.6. The molecule has 3 nitrogen and oxygen atoms in total. The summed E-state index contributed by atoms with van der Waals surface area (Å²) in [6.45, 7) is 2.26. The lowest BCUT2D eigenvalue weighted by Gasteiger charge is -2.01. The quantitative estimate of drug-likeness (QED) is 0.292. The molecule has 0 saturated heterocycles. The van der Waals surface area contributed by atoms with Gasteiger partial charge in [0.1, 0.15) is 0 Å². The Labute approximate surface area is 141 Å². The number of unbranched alkanes of at least 4 members (excludes halogenated alkanes) is 11. The lowest BCUT2D eigenvalue weighted by atomic mass is 10.1. The minimum absolute atomic E-state index is 0.0695. The van der Waals surface area contributed by atoms with E-state index in [0.717, 1.165) is 6.42 Å². The number of aliphatic carboxylic acids is 1. The van der Waals surface area contributed by atoms with Crippen LogP contribution in [0.3, 0.4) is 0 Å². The van der Waals surface area contributed by atoms with E-state index in [2.05, 4.69) is 13.0 Å². The van der Waals surface area contributed by atoms with Gasteiger partial charge in [0.05, 0.1) is 0 Å². The van der Waals surface area contributed by atoms with E-state index < -0.39 is 5.97 Å². The molecule has 0 bridgehead atoms. The summed E-state index contributed by atoms with van der Waals surface area (Å²) in [5, 5.41) is 8.61. The van der Waals surface area contributed by atoms with E-state index in [-0.39, 0.29) is 5.76 Å². The zero-order valence-corrected chi connectivity index (χ0v) is 14.6. The second-order valence-corrected chi connectivity index (χ2v) is 6.21. The van der Waals surface area contributed by atoms with Gasteiger partial charge in [0, 0.05) is 0 Å². The van der Waals surface area contributed by atoms with Crippen LogP contribution in [0.15, 0.2) is 35.8 Å². The molecule has 0 unspecified atom stereocenters. The maximum Gasteiger partial charge on any atom is 0.375 e. The van der Waals surface area contributed by atoms with Crippen LogP contribution in [0, 0.1) is 0 Å². The summed E-state index contributed by atoms with van der Waals surface area (Å²) in [4.78, 5) is 10.5. The standard InChI is InChI=1S/C20H32O3/c1-2-3-4-5-6-7-8-9-10-11-12-13-14-15-16-17-18-19(23-18)20(21)22/h14-17H,2-13H2,1H3,(H,21,22)/b15-14+,17-16+. The fourth-order valence-corrected chi connectivity index (χ4v) is 2.59. The predicted molar refractivity (Wildman–Crippen MR) is 95.1 cm³/mol. The molecule has 130 valence electrons. The highest BCUT2D eigenvalue weighted by molar-refractivity contribution is 5.89. The average molecular weight is 320 g/mol. The van der Waals surface area contributed by atoms with Crippen LogP contribution in [0.4, 0.5) is 0 Å². The largest absolute Gasteiger partial charge is 0.475 e. The maximum atomic E-state index is 10.5. The summed E-state index contributed by atoms with van der Waals surface area (Å²) in [7, 11) is 0. The third-order valence-corrected chi connectivity index (χ3v) is 4.06. The van der Waals surface area contributed by atoms with Gasteiger partial charge in [-0.1, -0.05) is 89.4 Å². The Morgan fingerprint density at radius 2 is 1.48 bits per heavy atom. The number of allylic oxidation sites excluding steroid dienone is 4. The van der Waals surface area contributed by atoms with Crippen molar-refractivity contribution >= 4 is 5.97 Å². The van der Waals surface area contributed by atoms with Crippen molar-refractivity contribution in [1.29, 1.82) is 0 Å². The minimum atomic E-state index is -0.991. The topological polar surface area (TPSA) is 49.8 Å². The second-order valence-electron chi connectivity index (χ2n) is 6.21. The van der Waals surface area contributed by atoms with Crippen LogP contribution < -0.4 is 0 Å². The summed E-state index contributed by atoms with van der Waals surface area (Å²) in [5.41, 5.74) is 0. The second kappa shape index (κ2) is 13.0. The fraction of sp³-hybridized carbons (Fsp3) is 0.650. The fourth-order valence-electron chi connectivity index (χ4n) is 2.59. The Morgan fingerprint density at radius 3 is 2.00 bits per heavy atom. The molecule has 1 heterocycles. The molecule has 0 amide bonds. The molecule has 1 rings (SSSR count). The molecule has 3 heteroatoms. The monoisotopic (exact) mass is 320 g/mol. The first kappa shape index (κ1) is 19.5. The summed E-state index contributed by atoms with van der Waals surface area (Å²) in [6, 6.07) is 0. The predicted octanol–water partition coefficient (Wildman–Crippen LogP) is 6.13. The molecule has 0 saturated carbocycles. The minimum Gasteiger partial charge on any atom is -0.475 e. The average Bonchev–Trinajstić information content (AvgIpc) is 3.31. The maximum absolute atomic E-state index is 10.5. The Bertz CT molecular complexity index is 419. The molecule has 0 aromatic heterocycles. The first-order valence-electron chi connectivity index (χ1n) is 9.24. The molecule has 23 heavy (non-hydrogen) atoms. The molecule has 0 aliphatic carbocycles. The smallest absolute Gasteiger partial charge is 0.375 e. The van der Waals surface area contributed by atoms with E-state index in [0.29, 0.717) is 5.76 Å². The van der Waals surface area contributed by atoms with Crippen LogP contribution in [0.25, 0.3) is 0 Å². The van der Waals surface area contributed by atoms with Gasteiger partial charge in [0.25, 0.3) is 5.76 Å². The van der Waals surface area contributed by atoms with E-state index >= 15 is 0 Å². The van der Waals surface area contributed by atoms with Crippen molar-refractivity contribution in [3.63, 3.8) is 0 Å². The van der Waals surface area contributed by atoms with Crippen LogP contribution >= 0.6 is 0 Å². The van der Waals surface area contributed by atoms with Crippen LogP contribution in [-0.2, 0) is 9.53 Å². The molecular formula is C20H32O3. The Kier molecular flexibility index (Phi) is 11.0. The summed E-state index contributed by atoms with van der Waals surface area (Å²) < 4.78 is 4.81. The Morgan fingerprint density at radius 1 is 0.913 bits per heavy atom. The van der Waals surface area contributed by atoms with E-state index in [9.17, 15) is 4.79 Å². The lowest BCUT2D eigenvalue weighted by molar-refractivity contribution is -0.133. The molecule has 1 N–H and O–H groups in total. The summed E-state index contributed by atoms with van der Waals surface area (Å²) >= 11 is 0. The third-order valence-electron chi connectivity index (χ3n) is 4.06. The molecule has 0 aromatic rings. The van der Waals surface area contributed by atoms with Crippen LogP contribution in [0.5, 0.6) is 0 Å². The van der Waals surface area contributed by atoms with Gasteiger partial charge < -0.3 is 9.84 Å². The van der Waals surface area contributed by atoms with Gasteiger partial charge in [0.15, 0.2) is 5.76 Å². The lowest BCUT2D eigenvalue weighted by Crippen LogP contribution is -1.88. The van der Waals surface area contributed by atoms with Crippen LogP contribution in [-0.4, -0.2) is 11.1 Å². The first-order valence-corrected chi connectivity index (χ1v) is 9.24. The Balaban J connectivity index is 1.82. The summed E-state index contributed by atoms with van der Waals surface area (Å²) in [6.07, 6.45) is 23.8. The zero-order valence-electron chi connectivity index (χ0n) is 14.6. The highest BCUT2D eigenvalue weighted by Gasteiger charge is 2.29. The molecule has 1 aliphatic heterocycles. The van der Waals surface area contributed by atoms with Crippen LogP contribution in [0.1, 0.15) is 84.0 Å².